The van der Waals surface area contributed by atoms with Gasteiger partial charge in [-0.05, 0) is 6.92 Å². The minimum atomic E-state index is -1.86. The summed E-state index contributed by atoms with van der Waals surface area (Å²) in [5.74, 6) is -2.18. The van der Waals surface area contributed by atoms with Gasteiger partial charge in [-0.25, -0.2) is 4.79 Å². The SMILES string of the molecule is C=C(C)C(=O)NC(O)C(=O)O.O. The largest absolute Gasteiger partial charge is 0.478 e. The van der Waals surface area contributed by atoms with Gasteiger partial charge >= 0.3 is 5.97 Å². The van der Waals surface area contributed by atoms with Gasteiger partial charge in [-0.1, -0.05) is 6.58 Å². The molecule has 0 saturated carbocycles. The third kappa shape index (κ3) is 4.42. The Kier molecular flexibility index (Phi) is 5.81. The Hall–Kier alpha value is -1.40. The Morgan fingerprint density at radius 1 is 1.50 bits per heavy atom. The van der Waals surface area contributed by atoms with E-state index in [4.69, 9.17) is 10.2 Å². The van der Waals surface area contributed by atoms with E-state index in [0.717, 1.165) is 0 Å². The number of rotatable bonds is 3. The van der Waals surface area contributed by atoms with Gasteiger partial charge in [0.1, 0.15) is 0 Å². The number of hydrogen-bond donors (Lipinski definition) is 3. The van der Waals surface area contributed by atoms with E-state index in [0.29, 0.717) is 0 Å². The van der Waals surface area contributed by atoms with Crippen LogP contribution in [0.3, 0.4) is 0 Å². The summed E-state index contributed by atoms with van der Waals surface area (Å²) in [5, 5.41) is 18.5. The van der Waals surface area contributed by atoms with Gasteiger partial charge in [-0.15, -0.1) is 0 Å². The molecule has 1 amide bonds. The molecule has 0 spiro atoms. The molecule has 0 fully saturated rings. The standard InChI is InChI=1S/C6H9NO4.H2O/c1-3(2)4(8)7-5(9)6(10)11;/h5,9H,1H2,2H3,(H,7,8)(H,10,11);1H2. The molecule has 0 bridgehead atoms. The van der Waals surface area contributed by atoms with E-state index in [9.17, 15) is 9.59 Å². The molecule has 6 nitrogen and oxygen atoms in total. The third-order valence-corrected chi connectivity index (χ3v) is 0.889. The molecule has 0 aromatic rings. The normalized spacial score (nSPS) is 10.8. The monoisotopic (exact) mass is 177 g/mol. The number of amides is 1. The Balaban J connectivity index is 0. The summed E-state index contributed by atoms with van der Waals surface area (Å²) in [6.07, 6.45) is -1.86. The molecule has 70 valence electrons. The fraction of sp³-hybridized carbons (Fsp3) is 0.333. The van der Waals surface area contributed by atoms with Crippen LogP contribution in [0.2, 0.25) is 0 Å². The molecule has 1 atom stereocenters. The highest BCUT2D eigenvalue weighted by molar-refractivity contribution is 5.94. The van der Waals surface area contributed by atoms with Crippen LogP contribution in [0.4, 0.5) is 0 Å². The van der Waals surface area contributed by atoms with E-state index in [-0.39, 0.29) is 11.0 Å². The van der Waals surface area contributed by atoms with Crippen molar-refractivity contribution in [3.8, 4) is 0 Å². The number of carbonyl (C=O) groups excluding carboxylic acids is 1. The zero-order chi connectivity index (χ0) is 9.02. The molecule has 5 N–H and O–H groups in total. The fourth-order valence-electron chi connectivity index (χ4n) is 0.309. The molecule has 6 heteroatoms. The number of carboxylic acid groups (broad SMARTS) is 1. The molecule has 0 aliphatic rings. The molecule has 0 radical (unpaired) electrons. The topological polar surface area (TPSA) is 118 Å². The smallest absolute Gasteiger partial charge is 0.353 e. The van der Waals surface area contributed by atoms with Gasteiger partial charge in [0, 0.05) is 5.57 Å². The average Bonchev–Trinajstić information content (AvgIpc) is 1.87. The van der Waals surface area contributed by atoms with E-state index >= 15 is 0 Å². The van der Waals surface area contributed by atoms with Crippen molar-refractivity contribution in [3.63, 3.8) is 0 Å². The van der Waals surface area contributed by atoms with Gasteiger partial charge in [0.2, 0.25) is 12.1 Å². The maximum atomic E-state index is 10.6. The van der Waals surface area contributed by atoms with Crippen LogP contribution in [-0.2, 0) is 9.59 Å². The van der Waals surface area contributed by atoms with Crippen LogP contribution in [0.15, 0.2) is 12.2 Å². The maximum Gasteiger partial charge on any atom is 0.353 e. The third-order valence-electron chi connectivity index (χ3n) is 0.889. The molecule has 0 aliphatic heterocycles. The predicted molar refractivity (Wildman–Crippen MR) is 40.2 cm³/mol. The number of carbonyl (C=O) groups is 2. The number of hydrogen-bond acceptors (Lipinski definition) is 3. The quantitative estimate of drug-likeness (QED) is 0.350. The van der Waals surface area contributed by atoms with Crippen LogP contribution in [0, 0.1) is 0 Å². The summed E-state index contributed by atoms with van der Waals surface area (Å²) in [6, 6.07) is 0. The highest BCUT2D eigenvalue weighted by Crippen LogP contribution is 1.87. The van der Waals surface area contributed by atoms with Gasteiger partial charge < -0.3 is 21.0 Å². The van der Waals surface area contributed by atoms with Crippen molar-refractivity contribution in [1.29, 1.82) is 0 Å². The lowest BCUT2D eigenvalue weighted by Crippen LogP contribution is -2.40. The molecule has 12 heavy (non-hydrogen) atoms. The molecule has 1 unspecified atom stereocenters. The summed E-state index contributed by atoms with van der Waals surface area (Å²) in [7, 11) is 0. The van der Waals surface area contributed by atoms with Gasteiger partial charge in [0.15, 0.2) is 0 Å². The number of carboxylic acids is 1. The zero-order valence-electron chi connectivity index (χ0n) is 6.50. The van der Waals surface area contributed by atoms with Crippen LogP contribution < -0.4 is 5.32 Å². The molecule has 0 rings (SSSR count). The predicted octanol–water partition coefficient (Wildman–Crippen LogP) is -1.74. The van der Waals surface area contributed by atoms with Crippen molar-refractivity contribution in [2.24, 2.45) is 0 Å². The van der Waals surface area contributed by atoms with Crippen molar-refractivity contribution in [3.05, 3.63) is 12.2 Å². The maximum absolute atomic E-state index is 10.6. The summed E-state index contributed by atoms with van der Waals surface area (Å²) in [6.45, 7) is 4.66. The Morgan fingerprint density at radius 3 is 2.17 bits per heavy atom. The Bertz CT molecular complexity index is 200. The minimum Gasteiger partial charge on any atom is -0.478 e. The molecule has 0 heterocycles. The second-order valence-corrected chi connectivity index (χ2v) is 1.99. The van der Waals surface area contributed by atoms with Crippen LogP contribution >= 0.6 is 0 Å². The van der Waals surface area contributed by atoms with Gasteiger partial charge in [0.25, 0.3) is 0 Å². The minimum absolute atomic E-state index is 0. The first kappa shape index (κ1) is 13.2. The first-order valence-electron chi connectivity index (χ1n) is 2.82. The lowest BCUT2D eigenvalue weighted by molar-refractivity contribution is -0.150. The second-order valence-electron chi connectivity index (χ2n) is 1.99. The second kappa shape index (κ2) is 5.28. The Morgan fingerprint density at radius 2 is 1.92 bits per heavy atom. The van der Waals surface area contributed by atoms with Gasteiger partial charge in [0.05, 0.1) is 0 Å². The number of aliphatic hydroxyl groups excluding tert-OH is 1. The van der Waals surface area contributed by atoms with Crippen LogP contribution in [0.5, 0.6) is 0 Å². The van der Waals surface area contributed by atoms with Gasteiger partial charge in [-0.3, -0.25) is 4.79 Å². The summed E-state index contributed by atoms with van der Waals surface area (Å²) < 4.78 is 0. The van der Waals surface area contributed by atoms with E-state index in [1.54, 1.807) is 5.32 Å². The summed E-state index contributed by atoms with van der Waals surface area (Å²) in [5.41, 5.74) is 0.144. The van der Waals surface area contributed by atoms with Crippen molar-refractivity contribution >= 4 is 11.9 Å². The fourth-order valence-corrected chi connectivity index (χ4v) is 0.309. The highest BCUT2D eigenvalue weighted by atomic mass is 16.4. The van der Waals surface area contributed by atoms with Crippen molar-refractivity contribution in [2.45, 2.75) is 13.2 Å². The molecular weight excluding hydrogens is 166 g/mol. The van der Waals surface area contributed by atoms with Gasteiger partial charge in [-0.2, -0.15) is 0 Å². The molecule has 0 aliphatic carbocycles. The summed E-state index contributed by atoms with van der Waals surface area (Å²) >= 11 is 0. The lowest BCUT2D eigenvalue weighted by Gasteiger charge is -2.06. The number of aliphatic hydroxyl groups is 1. The molecule has 0 aromatic carbocycles. The summed E-state index contributed by atoms with van der Waals surface area (Å²) in [4.78, 5) is 20.6. The van der Waals surface area contributed by atoms with Crippen LogP contribution in [0.1, 0.15) is 6.92 Å². The van der Waals surface area contributed by atoms with E-state index in [2.05, 4.69) is 6.58 Å². The van der Waals surface area contributed by atoms with Crippen molar-refractivity contribution in [2.75, 3.05) is 0 Å². The van der Waals surface area contributed by atoms with Crippen molar-refractivity contribution in [1.82, 2.24) is 5.32 Å². The zero-order valence-corrected chi connectivity index (χ0v) is 6.50. The first-order chi connectivity index (χ1) is 4.95. The number of aliphatic carboxylic acids is 1. The first-order valence-corrected chi connectivity index (χ1v) is 2.82. The van der Waals surface area contributed by atoms with Crippen LogP contribution in [0.25, 0.3) is 0 Å². The average molecular weight is 177 g/mol. The molecular formula is C6H11NO5. The lowest BCUT2D eigenvalue weighted by atomic mass is 10.3. The number of nitrogens with one attached hydrogen (secondary N) is 1. The van der Waals surface area contributed by atoms with E-state index in [1.165, 1.54) is 6.92 Å². The van der Waals surface area contributed by atoms with E-state index < -0.39 is 18.1 Å². The van der Waals surface area contributed by atoms with E-state index in [1.807, 2.05) is 0 Å². The van der Waals surface area contributed by atoms with Crippen LogP contribution in [-0.4, -0.2) is 33.8 Å². The molecule has 0 aromatic heterocycles. The molecule has 0 saturated heterocycles. The Labute approximate surface area is 68.8 Å². The van der Waals surface area contributed by atoms with Crippen molar-refractivity contribution < 1.29 is 25.3 Å². The highest BCUT2D eigenvalue weighted by Gasteiger charge is 2.15.